The number of nitrogens with zero attached hydrogens (tertiary/aromatic N) is 1. The first-order chi connectivity index (χ1) is 10.7. The molecule has 2 aromatic carbocycles. The summed E-state index contributed by atoms with van der Waals surface area (Å²) in [6, 6.07) is 19.5. The van der Waals surface area contributed by atoms with E-state index in [1.807, 2.05) is 12.1 Å². The normalized spacial score (nSPS) is 18.3. The molecule has 0 saturated carbocycles. The van der Waals surface area contributed by atoms with Crippen molar-refractivity contribution in [2.75, 3.05) is 13.1 Å². The minimum Gasteiger partial charge on any atom is -0.296 e. The van der Waals surface area contributed by atoms with E-state index in [0.29, 0.717) is 6.04 Å². The van der Waals surface area contributed by atoms with Crippen LogP contribution in [0.2, 0.25) is 5.02 Å². The number of rotatable bonds is 4. The molecule has 1 aliphatic rings. The highest BCUT2D eigenvalue weighted by Gasteiger charge is 2.25. The average molecular weight is 314 g/mol. The zero-order valence-electron chi connectivity index (χ0n) is 13.2. The smallest absolute Gasteiger partial charge is 0.0438 e. The van der Waals surface area contributed by atoms with Crippen LogP contribution in [0.1, 0.15) is 36.9 Å². The van der Waals surface area contributed by atoms with E-state index >= 15 is 0 Å². The van der Waals surface area contributed by atoms with Gasteiger partial charge in [-0.15, -0.1) is 0 Å². The molecule has 1 aliphatic heterocycles. The van der Waals surface area contributed by atoms with Gasteiger partial charge in [-0.2, -0.15) is 0 Å². The largest absolute Gasteiger partial charge is 0.296 e. The fraction of sp³-hybridized carbons (Fsp3) is 0.400. The Labute approximate surface area is 138 Å². The van der Waals surface area contributed by atoms with Crippen molar-refractivity contribution in [3.05, 3.63) is 70.7 Å². The van der Waals surface area contributed by atoms with E-state index in [9.17, 15) is 0 Å². The maximum atomic E-state index is 6.40. The summed E-state index contributed by atoms with van der Waals surface area (Å²) in [5.74, 6) is 0.855. The average Bonchev–Trinajstić information content (AvgIpc) is 2.56. The Morgan fingerprint density at radius 2 is 1.64 bits per heavy atom. The fourth-order valence-corrected chi connectivity index (χ4v) is 3.56. The van der Waals surface area contributed by atoms with Gasteiger partial charge in [-0.3, -0.25) is 4.90 Å². The first-order valence-corrected chi connectivity index (χ1v) is 8.64. The van der Waals surface area contributed by atoms with Crippen LogP contribution in [0.15, 0.2) is 54.6 Å². The third-order valence-electron chi connectivity index (χ3n) is 4.81. The number of piperidine rings is 1. The summed E-state index contributed by atoms with van der Waals surface area (Å²) in [5.41, 5.74) is 2.65. The Morgan fingerprint density at radius 3 is 2.32 bits per heavy atom. The van der Waals surface area contributed by atoms with Crippen LogP contribution >= 0.6 is 11.6 Å². The molecule has 2 heteroatoms. The molecule has 1 saturated heterocycles. The van der Waals surface area contributed by atoms with Crippen molar-refractivity contribution in [2.24, 2.45) is 5.92 Å². The zero-order valence-corrected chi connectivity index (χ0v) is 14.0. The van der Waals surface area contributed by atoms with Gasteiger partial charge in [0.2, 0.25) is 0 Å². The molecule has 116 valence electrons. The standard InChI is InChI=1S/C20H24ClN/c1-16-11-13-22(14-12-16)20(17-7-3-2-4-8-17)15-18-9-5-6-10-19(18)21/h2-10,16,20H,11-15H2,1H3. The minimum absolute atomic E-state index is 0.425. The molecule has 0 radical (unpaired) electrons. The lowest BCUT2D eigenvalue weighted by Gasteiger charge is -2.37. The van der Waals surface area contributed by atoms with Crippen LogP contribution in [0.3, 0.4) is 0 Å². The van der Waals surface area contributed by atoms with E-state index in [4.69, 9.17) is 11.6 Å². The summed E-state index contributed by atoms with van der Waals surface area (Å²) >= 11 is 6.40. The summed E-state index contributed by atoms with van der Waals surface area (Å²) in [4.78, 5) is 2.64. The molecule has 1 unspecified atom stereocenters. The monoisotopic (exact) mass is 313 g/mol. The summed E-state index contributed by atoms with van der Waals surface area (Å²) in [5, 5.41) is 0.883. The minimum atomic E-state index is 0.425. The Balaban J connectivity index is 1.85. The van der Waals surface area contributed by atoms with Gasteiger partial charge < -0.3 is 0 Å². The lowest BCUT2D eigenvalue weighted by Crippen LogP contribution is -2.37. The van der Waals surface area contributed by atoms with Crippen LogP contribution in [0.25, 0.3) is 0 Å². The van der Waals surface area contributed by atoms with Crippen molar-refractivity contribution >= 4 is 11.6 Å². The van der Waals surface area contributed by atoms with Crippen molar-refractivity contribution in [1.29, 1.82) is 0 Å². The van der Waals surface area contributed by atoms with E-state index < -0.39 is 0 Å². The Morgan fingerprint density at radius 1 is 1.00 bits per heavy atom. The van der Waals surface area contributed by atoms with Crippen molar-refractivity contribution in [2.45, 2.75) is 32.2 Å². The topological polar surface area (TPSA) is 3.24 Å². The number of hydrogen-bond donors (Lipinski definition) is 0. The number of likely N-dealkylation sites (tertiary alicyclic amines) is 1. The molecular formula is C20H24ClN. The molecule has 1 fully saturated rings. The van der Waals surface area contributed by atoms with Crippen molar-refractivity contribution in [3.63, 3.8) is 0 Å². The summed E-state index contributed by atoms with van der Waals surface area (Å²) in [7, 11) is 0. The van der Waals surface area contributed by atoms with E-state index in [2.05, 4.69) is 54.3 Å². The maximum Gasteiger partial charge on any atom is 0.0438 e. The number of hydrogen-bond acceptors (Lipinski definition) is 1. The molecule has 0 N–H and O–H groups in total. The first kappa shape index (κ1) is 15.6. The van der Waals surface area contributed by atoms with Gasteiger partial charge >= 0.3 is 0 Å². The SMILES string of the molecule is CC1CCN(C(Cc2ccccc2Cl)c2ccccc2)CC1. The molecule has 0 aromatic heterocycles. The van der Waals surface area contributed by atoms with Crippen LogP contribution in [0, 0.1) is 5.92 Å². The second kappa shape index (κ2) is 7.30. The highest BCUT2D eigenvalue weighted by Crippen LogP contribution is 2.31. The van der Waals surface area contributed by atoms with Gasteiger partial charge in [0, 0.05) is 11.1 Å². The maximum absolute atomic E-state index is 6.40. The zero-order chi connectivity index (χ0) is 15.4. The third-order valence-corrected chi connectivity index (χ3v) is 5.18. The van der Waals surface area contributed by atoms with Crippen LogP contribution < -0.4 is 0 Å². The van der Waals surface area contributed by atoms with Crippen molar-refractivity contribution in [3.8, 4) is 0 Å². The summed E-state index contributed by atoms with van der Waals surface area (Å²) < 4.78 is 0. The summed E-state index contributed by atoms with van der Waals surface area (Å²) in [6.45, 7) is 4.74. The Bertz CT molecular complexity index is 588. The Hall–Kier alpha value is -1.31. The van der Waals surface area contributed by atoms with Crippen molar-refractivity contribution in [1.82, 2.24) is 4.90 Å². The van der Waals surface area contributed by atoms with Crippen LogP contribution in [0.4, 0.5) is 0 Å². The van der Waals surface area contributed by atoms with Gasteiger partial charge in [-0.1, -0.05) is 67.1 Å². The van der Waals surface area contributed by atoms with Crippen LogP contribution in [0.5, 0.6) is 0 Å². The van der Waals surface area contributed by atoms with Crippen LogP contribution in [-0.4, -0.2) is 18.0 Å². The molecule has 1 nitrogen and oxygen atoms in total. The van der Waals surface area contributed by atoms with Gasteiger partial charge in [0.25, 0.3) is 0 Å². The third kappa shape index (κ3) is 3.71. The molecule has 0 bridgehead atoms. The predicted octanol–water partition coefficient (Wildman–Crippen LogP) is 5.36. The summed E-state index contributed by atoms with van der Waals surface area (Å²) in [6.07, 6.45) is 3.58. The first-order valence-electron chi connectivity index (χ1n) is 8.26. The second-order valence-corrected chi connectivity index (χ2v) is 6.85. The molecule has 1 atom stereocenters. The molecule has 0 aliphatic carbocycles. The highest BCUT2D eigenvalue weighted by atomic mass is 35.5. The lowest BCUT2D eigenvalue weighted by atomic mass is 9.92. The van der Waals surface area contributed by atoms with E-state index in [1.165, 1.54) is 37.1 Å². The van der Waals surface area contributed by atoms with Crippen molar-refractivity contribution < 1.29 is 0 Å². The van der Waals surface area contributed by atoms with Gasteiger partial charge in [0.15, 0.2) is 0 Å². The van der Waals surface area contributed by atoms with E-state index in [0.717, 1.165) is 17.4 Å². The highest BCUT2D eigenvalue weighted by molar-refractivity contribution is 6.31. The molecule has 0 amide bonds. The van der Waals surface area contributed by atoms with Crippen LogP contribution in [-0.2, 0) is 6.42 Å². The molecular weight excluding hydrogens is 290 g/mol. The Kier molecular flexibility index (Phi) is 5.17. The molecule has 2 aromatic rings. The van der Waals surface area contributed by atoms with Gasteiger partial charge in [-0.25, -0.2) is 0 Å². The molecule has 1 heterocycles. The van der Waals surface area contributed by atoms with E-state index in [1.54, 1.807) is 0 Å². The van der Waals surface area contributed by atoms with Gasteiger partial charge in [0.1, 0.15) is 0 Å². The fourth-order valence-electron chi connectivity index (χ4n) is 3.35. The van der Waals surface area contributed by atoms with E-state index in [-0.39, 0.29) is 0 Å². The molecule has 22 heavy (non-hydrogen) atoms. The molecule has 0 spiro atoms. The van der Waals surface area contributed by atoms with Gasteiger partial charge in [0.05, 0.1) is 0 Å². The quantitative estimate of drug-likeness (QED) is 0.735. The predicted molar refractivity (Wildman–Crippen MR) is 94.3 cm³/mol. The second-order valence-electron chi connectivity index (χ2n) is 6.44. The van der Waals surface area contributed by atoms with Gasteiger partial charge in [-0.05, 0) is 55.5 Å². The molecule has 3 rings (SSSR count). The number of halogens is 1. The number of benzene rings is 2. The lowest BCUT2D eigenvalue weighted by molar-refractivity contribution is 0.137.